The summed E-state index contributed by atoms with van der Waals surface area (Å²) in [6.07, 6.45) is 3.68. The first kappa shape index (κ1) is 18.3. The Bertz CT molecular complexity index is 936. The minimum Gasteiger partial charge on any atom is -0.357 e. The Morgan fingerprint density at radius 1 is 1.33 bits per heavy atom. The predicted molar refractivity (Wildman–Crippen MR) is 108 cm³/mol. The third-order valence-electron chi connectivity index (χ3n) is 5.47. The summed E-state index contributed by atoms with van der Waals surface area (Å²) in [6, 6.07) is 8.61. The van der Waals surface area contributed by atoms with Gasteiger partial charge in [-0.1, -0.05) is 18.2 Å². The van der Waals surface area contributed by atoms with E-state index in [0.29, 0.717) is 18.3 Å². The van der Waals surface area contributed by atoms with Crippen LogP contribution in [0.15, 0.2) is 35.5 Å². The number of benzene rings is 1. The van der Waals surface area contributed by atoms with E-state index >= 15 is 0 Å². The molecular weight excluding hydrogens is 362 g/mol. The molecule has 4 rings (SSSR count). The van der Waals surface area contributed by atoms with Gasteiger partial charge < -0.3 is 10.2 Å². The van der Waals surface area contributed by atoms with Crippen LogP contribution < -0.4 is 5.32 Å². The largest absolute Gasteiger partial charge is 0.357 e. The van der Waals surface area contributed by atoms with Gasteiger partial charge in [0.15, 0.2) is 15.8 Å². The summed E-state index contributed by atoms with van der Waals surface area (Å²) >= 11 is 0. The standard InChI is InChI=1S/C19H27N5O2S/c1-2-20-19(21-11-15-8-10-27(25,26)14-15)23-9-7-17(13-23)24-18-6-4-3-5-16(18)12-22-24/h3-6,12,15,17H,2,7-11,13-14H2,1H3,(H,20,21). The molecule has 0 aliphatic carbocycles. The molecule has 0 bridgehead atoms. The van der Waals surface area contributed by atoms with Crippen molar-refractivity contribution >= 4 is 26.7 Å². The second kappa shape index (κ2) is 7.50. The lowest BCUT2D eigenvalue weighted by molar-refractivity contribution is 0.438. The highest BCUT2D eigenvalue weighted by Gasteiger charge is 2.30. The summed E-state index contributed by atoms with van der Waals surface area (Å²) in [5, 5.41) is 9.14. The van der Waals surface area contributed by atoms with Gasteiger partial charge in [-0.15, -0.1) is 0 Å². The quantitative estimate of drug-likeness (QED) is 0.636. The lowest BCUT2D eigenvalue weighted by Crippen LogP contribution is -2.40. The number of guanidine groups is 1. The van der Waals surface area contributed by atoms with Crippen LogP contribution in [0.25, 0.3) is 10.9 Å². The fourth-order valence-electron chi connectivity index (χ4n) is 4.07. The zero-order chi connectivity index (χ0) is 18.9. The van der Waals surface area contributed by atoms with Gasteiger partial charge >= 0.3 is 0 Å². The molecule has 2 aliphatic rings. The summed E-state index contributed by atoms with van der Waals surface area (Å²) in [5.41, 5.74) is 1.17. The lowest BCUT2D eigenvalue weighted by atomic mass is 10.1. The van der Waals surface area contributed by atoms with E-state index in [9.17, 15) is 8.42 Å². The zero-order valence-electron chi connectivity index (χ0n) is 15.7. The molecular formula is C19H27N5O2S. The Balaban J connectivity index is 1.45. The SMILES string of the molecule is CCNC(=NCC1CCS(=O)(=O)C1)N1CCC(n2ncc3ccccc32)C1. The number of hydrogen-bond acceptors (Lipinski definition) is 4. The van der Waals surface area contributed by atoms with Crippen LogP contribution in [0.3, 0.4) is 0 Å². The van der Waals surface area contributed by atoms with E-state index in [1.54, 1.807) is 0 Å². The number of aliphatic imine (C=N–C) groups is 1. The number of hydrogen-bond donors (Lipinski definition) is 1. The molecule has 146 valence electrons. The van der Waals surface area contributed by atoms with Gasteiger partial charge in [-0.25, -0.2) is 8.42 Å². The number of sulfone groups is 1. The van der Waals surface area contributed by atoms with Crippen LogP contribution >= 0.6 is 0 Å². The minimum atomic E-state index is -2.85. The first-order chi connectivity index (χ1) is 13.1. The normalized spacial score (nSPS) is 25.4. The smallest absolute Gasteiger partial charge is 0.193 e. The van der Waals surface area contributed by atoms with E-state index in [1.165, 1.54) is 10.9 Å². The Morgan fingerprint density at radius 3 is 2.96 bits per heavy atom. The van der Waals surface area contributed by atoms with Crippen LogP contribution in [-0.2, 0) is 9.84 Å². The molecule has 1 aromatic heterocycles. The molecule has 7 nitrogen and oxygen atoms in total. The Hall–Kier alpha value is -2.09. The molecule has 3 heterocycles. The molecule has 8 heteroatoms. The second-order valence-corrected chi connectivity index (χ2v) is 9.73. The summed E-state index contributed by atoms with van der Waals surface area (Å²) in [4.78, 5) is 7.03. The maximum atomic E-state index is 11.7. The fourth-order valence-corrected chi connectivity index (χ4v) is 5.92. The minimum absolute atomic E-state index is 0.150. The summed E-state index contributed by atoms with van der Waals surface area (Å²) in [7, 11) is -2.85. The molecule has 27 heavy (non-hydrogen) atoms. The lowest BCUT2D eigenvalue weighted by Gasteiger charge is -2.22. The molecule has 1 aromatic carbocycles. The van der Waals surface area contributed by atoms with Crippen molar-refractivity contribution in [1.82, 2.24) is 20.0 Å². The number of rotatable bonds is 4. The van der Waals surface area contributed by atoms with Crippen molar-refractivity contribution in [2.45, 2.75) is 25.8 Å². The maximum Gasteiger partial charge on any atom is 0.193 e. The number of fused-ring (bicyclic) bond motifs is 1. The zero-order valence-corrected chi connectivity index (χ0v) is 16.5. The molecule has 2 atom stereocenters. The molecule has 0 spiro atoms. The van der Waals surface area contributed by atoms with Crippen LogP contribution in [0.1, 0.15) is 25.8 Å². The topological polar surface area (TPSA) is 79.6 Å². The van der Waals surface area contributed by atoms with Crippen molar-refractivity contribution in [1.29, 1.82) is 0 Å². The van der Waals surface area contributed by atoms with Crippen molar-refractivity contribution in [3.8, 4) is 0 Å². The van der Waals surface area contributed by atoms with Crippen LogP contribution in [0.5, 0.6) is 0 Å². The van der Waals surface area contributed by atoms with Gasteiger partial charge in [0.05, 0.1) is 29.3 Å². The fraction of sp³-hybridized carbons (Fsp3) is 0.579. The molecule has 2 unspecified atom stereocenters. The van der Waals surface area contributed by atoms with E-state index < -0.39 is 9.84 Å². The van der Waals surface area contributed by atoms with Gasteiger partial charge in [0.1, 0.15) is 0 Å². The van der Waals surface area contributed by atoms with Gasteiger partial charge in [-0.05, 0) is 31.7 Å². The second-order valence-electron chi connectivity index (χ2n) is 7.50. The summed E-state index contributed by atoms with van der Waals surface area (Å²) < 4.78 is 25.5. The third kappa shape index (κ3) is 3.95. The van der Waals surface area contributed by atoms with Crippen molar-refractivity contribution in [3.63, 3.8) is 0 Å². The van der Waals surface area contributed by atoms with Gasteiger partial charge in [0, 0.05) is 31.6 Å². The van der Waals surface area contributed by atoms with Gasteiger partial charge in [-0.3, -0.25) is 9.67 Å². The molecule has 2 aromatic rings. The maximum absolute atomic E-state index is 11.7. The predicted octanol–water partition coefficient (Wildman–Crippen LogP) is 1.68. The Morgan fingerprint density at radius 2 is 2.19 bits per heavy atom. The van der Waals surface area contributed by atoms with Gasteiger partial charge in [-0.2, -0.15) is 5.10 Å². The number of nitrogens with one attached hydrogen (secondary N) is 1. The highest BCUT2D eigenvalue weighted by molar-refractivity contribution is 7.91. The Labute approximate surface area is 160 Å². The van der Waals surface area contributed by atoms with Gasteiger partial charge in [0.2, 0.25) is 0 Å². The monoisotopic (exact) mass is 389 g/mol. The molecule has 2 fully saturated rings. The third-order valence-corrected chi connectivity index (χ3v) is 7.31. The van der Waals surface area contributed by atoms with Crippen LogP contribution in [0, 0.1) is 5.92 Å². The van der Waals surface area contributed by atoms with E-state index in [4.69, 9.17) is 4.99 Å². The molecule has 1 N–H and O–H groups in total. The number of nitrogens with zero attached hydrogens (tertiary/aromatic N) is 4. The summed E-state index contributed by atoms with van der Waals surface area (Å²) in [5.74, 6) is 1.62. The van der Waals surface area contributed by atoms with E-state index in [1.807, 2.05) is 12.3 Å². The average molecular weight is 390 g/mol. The van der Waals surface area contributed by atoms with Crippen molar-refractivity contribution in [3.05, 3.63) is 30.5 Å². The van der Waals surface area contributed by atoms with Crippen LogP contribution in [0.2, 0.25) is 0 Å². The molecule has 0 saturated carbocycles. The van der Waals surface area contributed by atoms with E-state index in [-0.39, 0.29) is 11.7 Å². The van der Waals surface area contributed by atoms with Crippen molar-refractivity contribution < 1.29 is 8.42 Å². The number of para-hydroxylation sites is 1. The average Bonchev–Trinajstić information content (AvgIpc) is 3.36. The van der Waals surface area contributed by atoms with Crippen molar-refractivity contribution in [2.24, 2.45) is 10.9 Å². The number of likely N-dealkylation sites (tertiary alicyclic amines) is 1. The highest BCUT2D eigenvalue weighted by atomic mass is 32.2. The van der Waals surface area contributed by atoms with Crippen molar-refractivity contribution in [2.75, 3.05) is 37.7 Å². The first-order valence-electron chi connectivity index (χ1n) is 9.71. The Kier molecular flexibility index (Phi) is 5.08. The highest BCUT2D eigenvalue weighted by Crippen LogP contribution is 2.26. The molecule has 0 radical (unpaired) electrons. The molecule has 2 aliphatic heterocycles. The molecule has 0 amide bonds. The van der Waals surface area contributed by atoms with Crippen LogP contribution in [-0.4, -0.2) is 66.7 Å². The van der Waals surface area contributed by atoms with E-state index in [0.717, 1.165) is 38.4 Å². The number of aromatic nitrogens is 2. The molecule has 2 saturated heterocycles. The first-order valence-corrected chi connectivity index (χ1v) is 11.5. The van der Waals surface area contributed by atoms with Gasteiger partial charge in [0.25, 0.3) is 0 Å². The van der Waals surface area contributed by atoms with E-state index in [2.05, 4.69) is 45.1 Å². The summed E-state index contributed by atoms with van der Waals surface area (Å²) in [6.45, 7) is 5.22. The van der Waals surface area contributed by atoms with Crippen LogP contribution in [0.4, 0.5) is 0 Å².